The molecule has 0 N–H and O–H groups in total. The van der Waals surface area contributed by atoms with Crippen LogP contribution in [-0.2, 0) is 17.1 Å². The predicted octanol–water partition coefficient (Wildman–Crippen LogP) is -4.06. The van der Waals surface area contributed by atoms with Gasteiger partial charge in [-0.3, -0.25) is 0 Å². The summed E-state index contributed by atoms with van der Waals surface area (Å²) in [6.07, 6.45) is 0. The molecule has 0 nitrogen and oxygen atoms in total. The van der Waals surface area contributed by atoms with E-state index in [1.54, 1.807) is 0 Å². The zero-order valence-electron chi connectivity index (χ0n) is 3.02. The predicted molar refractivity (Wildman–Crippen MR) is 20.8 cm³/mol. The number of halogens is 4. The molecule has 0 aliphatic carbocycles. The Morgan fingerprint density at radius 3 is 1.14 bits per heavy atom. The van der Waals surface area contributed by atoms with Crippen LogP contribution in [0, 0.1) is 0 Å². The van der Waals surface area contributed by atoms with E-state index >= 15 is 0 Å². The maximum atomic E-state index is 4.85. The quantitative estimate of drug-likeness (QED) is 0.372. The van der Waals surface area contributed by atoms with Crippen LogP contribution < -0.4 is 24.8 Å². The van der Waals surface area contributed by atoms with E-state index < -0.39 is 0 Å². The molecule has 0 saturated heterocycles. The Morgan fingerprint density at radius 1 is 1.14 bits per heavy atom. The maximum Gasteiger partial charge on any atom is 2.00 e. The van der Waals surface area contributed by atoms with Gasteiger partial charge in [0.05, 0.1) is 4.49 Å². The van der Waals surface area contributed by atoms with E-state index in [4.69, 9.17) is 23.2 Å². The van der Waals surface area contributed by atoms with Crippen molar-refractivity contribution in [3.63, 3.8) is 0 Å². The van der Waals surface area contributed by atoms with Gasteiger partial charge in [-0.1, -0.05) is 29.8 Å². The van der Waals surface area contributed by atoms with Crippen LogP contribution >= 0.6 is 23.2 Å². The summed E-state index contributed by atoms with van der Waals surface area (Å²) >= 11 is 9.69. The van der Waals surface area contributed by atoms with E-state index in [2.05, 4.69) is 6.58 Å². The first-order valence-electron chi connectivity index (χ1n) is 0.732. The Bertz CT molecular complexity index is 32.7. The molecule has 0 saturated carbocycles. The molecule has 0 aliphatic heterocycles. The molecule has 0 aromatic carbocycles. The minimum Gasteiger partial charge on any atom is -1.00 e. The molecule has 0 heterocycles. The Balaban J connectivity index is -0.0000000150. The molecule has 7 heavy (non-hydrogen) atoms. The van der Waals surface area contributed by atoms with Crippen molar-refractivity contribution in [2.45, 2.75) is 0 Å². The summed E-state index contributed by atoms with van der Waals surface area (Å²) in [6, 6.07) is 0. The minimum atomic E-state index is 0. The third kappa shape index (κ3) is 108. The molecule has 1 radical (unpaired) electrons. The normalized spacial score (nSPS) is 3.71. The zero-order valence-corrected chi connectivity index (χ0v) is 6.99. The van der Waals surface area contributed by atoms with Gasteiger partial charge in [0.25, 0.3) is 0 Å². The first kappa shape index (κ1) is 23.7. The molecule has 5 heteroatoms. The Morgan fingerprint density at radius 2 is 1.14 bits per heavy atom. The molecule has 0 rings (SSSR count). The number of hydrogen-bond acceptors (Lipinski definition) is 0. The maximum absolute atomic E-state index is 4.85. The standard InChI is InChI=1S/C2H2Cl2.2ClH.Cu/c1-2(3)4;;;/h1H2;2*1H;/q;;;+2/p-2. The van der Waals surface area contributed by atoms with Crippen molar-refractivity contribution in [1.29, 1.82) is 0 Å². The molecule has 0 aromatic rings. The van der Waals surface area contributed by atoms with Crippen molar-refractivity contribution in [2.75, 3.05) is 0 Å². The van der Waals surface area contributed by atoms with Crippen molar-refractivity contribution < 1.29 is 41.9 Å². The van der Waals surface area contributed by atoms with Gasteiger partial charge < -0.3 is 24.8 Å². The van der Waals surface area contributed by atoms with Crippen molar-refractivity contribution in [3.05, 3.63) is 11.1 Å². The van der Waals surface area contributed by atoms with E-state index in [0.717, 1.165) is 0 Å². The largest absolute Gasteiger partial charge is 2.00 e. The van der Waals surface area contributed by atoms with Crippen molar-refractivity contribution in [2.24, 2.45) is 0 Å². The Hall–Kier alpha value is 1.42. The van der Waals surface area contributed by atoms with Crippen LogP contribution in [0.25, 0.3) is 0 Å². The van der Waals surface area contributed by atoms with Crippen molar-refractivity contribution in [1.82, 2.24) is 0 Å². The molecular formula is C2H2Cl4Cu. The van der Waals surface area contributed by atoms with Crippen LogP contribution in [-0.4, -0.2) is 0 Å². The second-order valence-electron chi connectivity index (χ2n) is 0.339. The topological polar surface area (TPSA) is 0 Å². The average Bonchev–Trinajstić information content (AvgIpc) is 0.811. The smallest absolute Gasteiger partial charge is 1.00 e. The van der Waals surface area contributed by atoms with Crippen LogP contribution in [0.1, 0.15) is 0 Å². The van der Waals surface area contributed by atoms with E-state index in [1.165, 1.54) is 0 Å². The van der Waals surface area contributed by atoms with Crippen LogP contribution in [0.15, 0.2) is 11.1 Å². The van der Waals surface area contributed by atoms with E-state index in [1.807, 2.05) is 0 Å². The Labute approximate surface area is 75.9 Å². The van der Waals surface area contributed by atoms with E-state index in [9.17, 15) is 0 Å². The first-order chi connectivity index (χ1) is 1.73. The minimum absolute atomic E-state index is 0. The van der Waals surface area contributed by atoms with Gasteiger partial charge in [-0.2, -0.15) is 0 Å². The van der Waals surface area contributed by atoms with Crippen molar-refractivity contribution >= 4 is 23.2 Å². The second kappa shape index (κ2) is 15.7. The van der Waals surface area contributed by atoms with Gasteiger partial charge in [0.1, 0.15) is 0 Å². The number of hydrogen-bond donors (Lipinski definition) is 0. The molecule has 0 aliphatic rings. The molecule has 0 unspecified atom stereocenters. The number of rotatable bonds is 0. The Kier molecular flexibility index (Phi) is 53.1. The van der Waals surface area contributed by atoms with Crippen LogP contribution in [0.3, 0.4) is 0 Å². The summed E-state index contributed by atoms with van der Waals surface area (Å²) in [5, 5.41) is 0. The second-order valence-corrected chi connectivity index (χ2v) is 1.44. The molecule has 0 fully saturated rings. The summed E-state index contributed by atoms with van der Waals surface area (Å²) in [7, 11) is 0. The fraction of sp³-hybridized carbons (Fsp3) is 0. The molecular weight excluding hydrogens is 229 g/mol. The summed E-state index contributed by atoms with van der Waals surface area (Å²) in [4.78, 5) is 0. The molecule has 0 amide bonds. The monoisotopic (exact) mass is 229 g/mol. The van der Waals surface area contributed by atoms with Gasteiger partial charge >= 0.3 is 17.1 Å². The van der Waals surface area contributed by atoms with Gasteiger partial charge in [-0.05, 0) is 0 Å². The summed E-state index contributed by atoms with van der Waals surface area (Å²) in [5.41, 5.74) is 0. The van der Waals surface area contributed by atoms with Crippen LogP contribution in [0.4, 0.5) is 0 Å². The zero-order chi connectivity index (χ0) is 3.58. The molecule has 0 bridgehead atoms. The van der Waals surface area contributed by atoms with Gasteiger partial charge in [-0.15, -0.1) is 0 Å². The summed E-state index contributed by atoms with van der Waals surface area (Å²) in [6.45, 7) is 3.09. The van der Waals surface area contributed by atoms with Crippen LogP contribution in [0.2, 0.25) is 0 Å². The van der Waals surface area contributed by atoms with E-state index in [-0.39, 0.29) is 46.4 Å². The molecule has 0 atom stereocenters. The van der Waals surface area contributed by atoms with Crippen molar-refractivity contribution in [3.8, 4) is 0 Å². The molecule has 0 aromatic heterocycles. The van der Waals surface area contributed by atoms with Gasteiger partial charge in [0.2, 0.25) is 0 Å². The average molecular weight is 231 g/mol. The van der Waals surface area contributed by atoms with Crippen LogP contribution in [0.5, 0.6) is 0 Å². The molecule has 0 spiro atoms. The molecule has 49 valence electrons. The van der Waals surface area contributed by atoms with Gasteiger partial charge in [-0.25, -0.2) is 0 Å². The SMILES string of the molecule is C=C(Cl)Cl.[Cl-].[Cl-].[Cu+2]. The first-order valence-corrected chi connectivity index (χ1v) is 1.49. The third-order valence-corrected chi connectivity index (χ3v) is 0. The van der Waals surface area contributed by atoms with Gasteiger partial charge in [0.15, 0.2) is 0 Å². The fourth-order valence-electron chi connectivity index (χ4n) is 0. The summed E-state index contributed by atoms with van der Waals surface area (Å²) < 4.78 is 0.111. The fourth-order valence-corrected chi connectivity index (χ4v) is 0. The third-order valence-electron chi connectivity index (χ3n) is 0. The van der Waals surface area contributed by atoms with E-state index in [0.29, 0.717) is 0 Å². The summed E-state index contributed by atoms with van der Waals surface area (Å²) in [5.74, 6) is 0. The van der Waals surface area contributed by atoms with Gasteiger partial charge in [0, 0.05) is 0 Å².